The minimum Gasteiger partial charge on any atom is -0.385 e. The maximum atomic E-state index is 6.00. The molecule has 92 valence electrons. The van der Waals surface area contributed by atoms with Crippen LogP contribution in [0.5, 0.6) is 0 Å². The largest absolute Gasteiger partial charge is 0.385 e. The van der Waals surface area contributed by atoms with Crippen LogP contribution in [-0.4, -0.2) is 6.54 Å². The zero-order valence-electron chi connectivity index (χ0n) is 9.76. The molecule has 3 rings (SSSR count). The smallest absolute Gasteiger partial charge is 0.0612 e. The topological polar surface area (TPSA) is 12.0 Å². The van der Waals surface area contributed by atoms with E-state index >= 15 is 0 Å². The van der Waals surface area contributed by atoms with Crippen LogP contribution < -0.4 is 5.32 Å². The minimum absolute atomic E-state index is 0.622. The van der Waals surface area contributed by atoms with Gasteiger partial charge in [-0.2, -0.15) is 0 Å². The van der Waals surface area contributed by atoms with Gasteiger partial charge < -0.3 is 5.32 Å². The Morgan fingerprint density at radius 3 is 2.65 bits per heavy atom. The highest BCUT2D eigenvalue weighted by atomic mass is 35.5. The summed E-state index contributed by atoms with van der Waals surface area (Å²) in [6.45, 7) is 1.08. The van der Waals surface area contributed by atoms with E-state index in [0.29, 0.717) is 10.0 Å². The van der Waals surface area contributed by atoms with Crippen molar-refractivity contribution >= 4 is 28.9 Å². The number of anilines is 1. The normalized spacial score (nSPS) is 30.8. The lowest BCUT2D eigenvalue weighted by atomic mass is 9.89. The Morgan fingerprint density at radius 2 is 2.00 bits per heavy atom. The van der Waals surface area contributed by atoms with E-state index in [-0.39, 0.29) is 0 Å². The molecular formula is C14H17Cl2N. The number of rotatable bonds is 3. The van der Waals surface area contributed by atoms with Crippen molar-refractivity contribution in [2.24, 2.45) is 17.8 Å². The first-order valence-electron chi connectivity index (χ1n) is 6.41. The van der Waals surface area contributed by atoms with Gasteiger partial charge in [-0.25, -0.2) is 0 Å². The van der Waals surface area contributed by atoms with Gasteiger partial charge in [0.05, 0.1) is 10.0 Å². The fourth-order valence-electron chi connectivity index (χ4n) is 3.48. The third-order valence-electron chi connectivity index (χ3n) is 4.37. The van der Waals surface area contributed by atoms with Crippen LogP contribution in [0.3, 0.4) is 0 Å². The summed E-state index contributed by atoms with van der Waals surface area (Å²) in [5.41, 5.74) is 1.09. The Morgan fingerprint density at radius 1 is 1.12 bits per heavy atom. The SMILES string of the molecule is Clc1ccc(NCC2CC3CCC2C3)cc1Cl. The van der Waals surface area contributed by atoms with Crippen LogP contribution in [0.2, 0.25) is 10.0 Å². The highest BCUT2D eigenvalue weighted by Crippen LogP contribution is 2.48. The monoisotopic (exact) mass is 269 g/mol. The second-order valence-electron chi connectivity index (χ2n) is 5.44. The standard InChI is InChI=1S/C14H17Cl2N/c15-13-4-3-12(7-14(13)16)17-8-11-6-9-1-2-10(11)5-9/h3-4,7,9-11,17H,1-2,5-6,8H2. The van der Waals surface area contributed by atoms with Gasteiger partial charge in [0.2, 0.25) is 0 Å². The molecule has 2 fully saturated rings. The zero-order chi connectivity index (χ0) is 11.8. The molecule has 3 heteroatoms. The van der Waals surface area contributed by atoms with Gasteiger partial charge in [-0.1, -0.05) is 29.6 Å². The van der Waals surface area contributed by atoms with Crippen LogP contribution >= 0.6 is 23.2 Å². The van der Waals surface area contributed by atoms with E-state index in [4.69, 9.17) is 23.2 Å². The van der Waals surface area contributed by atoms with Crippen molar-refractivity contribution in [2.45, 2.75) is 25.7 Å². The molecule has 0 heterocycles. The molecule has 2 aliphatic carbocycles. The van der Waals surface area contributed by atoms with Gasteiger partial charge in [0.15, 0.2) is 0 Å². The molecule has 1 N–H and O–H groups in total. The summed E-state index contributed by atoms with van der Waals surface area (Å²) in [5.74, 6) is 2.85. The molecule has 0 aliphatic heterocycles. The third kappa shape index (κ3) is 2.41. The van der Waals surface area contributed by atoms with Gasteiger partial charge in [0, 0.05) is 12.2 Å². The van der Waals surface area contributed by atoms with Crippen LogP contribution in [-0.2, 0) is 0 Å². The molecule has 17 heavy (non-hydrogen) atoms. The molecule has 1 aromatic carbocycles. The summed E-state index contributed by atoms with van der Waals surface area (Å²) in [5, 5.41) is 4.75. The van der Waals surface area contributed by atoms with Gasteiger partial charge in [-0.15, -0.1) is 0 Å². The third-order valence-corrected chi connectivity index (χ3v) is 5.11. The predicted octanol–water partition coefficient (Wildman–Crippen LogP) is 4.84. The summed E-state index contributed by atoms with van der Waals surface area (Å²) >= 11 is 11.9. The van der Waals surface area contributed by atoms with E-state index < -0.39 is 0 Å². The molecule has 3 unspecified atom stereocenters. The highest BCUT2D eigenvalue weighted by Gasteiger charge is 2.38. The van der Waals surface area contributed by atoms with Gasteiger partial charge >= 0.3 is 0 Å². The van der Waals surface area contributed by atoms with E-state index in [1.54, 1.807) is 0 Å². The summed E-state index contributed by atoms with van der Waals surface area (Å²) in [7, 11) is 0. The second kappa shape index (κ2) is 4.70. The summed E-state index contributed by atoms with van der Waals surface area (Å²) in [4.78, 5) is 0. The van der Waals surface area contributed by atoms with E-state index in [2.05, 4.69) is 5.32 Å². The van der Waals surface area contributed by atoms with Crippen molar-refractivity contribution in [3.8, 4) is 0 Å². The fraction of sp³-hybridized carbons (Fsp3) is 0.571. The van der Waals surface area contributed by atoms with E-state index in [1.165, 1.54) is 25.7 Å². The first-order chi connectivity index (χ1) is 8.22. The molecule has 0 radical (unpaired) electrons. The first-order valence-corrected chi connectivity index (χ1v) is 7.17. The lowest BCUT2D eigenvalue weighted by molar-refractivity contribution is 0.348. The Bertz CT molecular complexity index is 419. The summed E-state index contributed by atoms with van der Waals surface area (Å²) < 4.78 is 0. The maximum absolute atomic E-state index is 6.00. The molecule has 1 nitrogen and oxygen atoms in total. The lowest BCUT2D eigenvalue weighted by Crippen LogP contribution is -2.20. The first kappa shape index (κ1) is 11.7. The average molecular weight is 270 g/mol. The molecule has 3 atom stereocenters. The second-order valence-corrected chi connectivity index (χ2v) is 6.26. The van der Waals surface area contributed by atoms with Crippen LogP contribution in [0, 0.1) is 17.8 Å². The van der Waals surface area contributed by atoms with Crippen LogP contribution in [0.25, 0.3) is 0 Å². The van der Waals surface area contributed by atoms with Gasteiger partial charge in [-0.3, -0.25) is 0 Å². The molecule has 0 aromatic heterocycles. The quantitative estimate of drug-likeness (QED) is 0.828. The maximum Gasteiger partial charge on any atom is 0.0612 e. The Hall–Kier alpha value is -0.400. The molecule has 2 bridgehead atoms. The van der Waals surface area contributed by atoms with Crippen molar-refractivity contribution in [2.75, 3.05) is 11.9 Å². The molecule has 1 aromatic rings. The molecule has 0 spiro atoms. The number of halogens is 2. The summed E-state index contributed by atoms with van der Waals surface area (Å²) in [6.07, 6.45) is 5.79. The lowest BCUT2D eigenvalue weighted by Gasteiger charge is -2.22. The number of hydrogen-bond donors (Lipinski definition) is 1. The Kier molecular flexibility index (Phi) is 3.23. The minimum atomic E-state index is 0.622. The molecular weight excluding hydrogens is 253 g/mol. The van der Waals surface area contributed by atoms with Crippen LogP contribution in [0.1, 0.15) is 25.7 Å². The van der Waals surface area contributed by atoms with Gasteiger partial charge in [0.1, 0.15) is 0 Å². The summed E-state index contributed by atoms with van der Waals surface area (Å²) in [6, 6.07) is 5.77. The van der Waals surface area contributed by atoms with E-state index in [9.17, 15) is 0 Å². The van der Waals surface area contributed by atoms with E-state index in [1.807, 2.05) is 18.2 Å². The Labute approximate surface area is 112 Å². The molecule has 2 saturated carbocycles. The Balaban J connectivity index is 1.59. The van der Waals surface area contributed by atoms with Crippen molar-refractivity contribution in [3.63, 3.8) is 0 Å². The van der Waals surface area contributed by atoms with Crippen molar-refractivity contribution in [1.29, 1.82) is 0 Å². The van der Waals surface area contributed by atoms with Crippen molar-refractivity contribution in [3.05, 3.63) is 28.2 Å². The fourth-order valence-corrected chi connectivity index (χ4v) is 3.78. The number of nitrogens with one attached hydrogen (secondary N) is 1. The number of hydrogen-bond acceptors (Lipinski definition) is 1. The molecule has 0 saturated heterocycles. The van der Waals surface area contributed by atoms with Crippen LogP contribution in [0.15, 0.2) is 18.2 Å². The van der Waals surface area contributed by atoms with Gasteiger partial charge in [-0.05, 0) is 55.2 Å². The van der Waals surface area contributed by atoms with E-state index in [0.717, 1.165) is 30.0 Å². The molecule has 2 aliphatic rings. The number of benzene rings is 1. The zero-order valence-corrected chi connectivity index (χ0v) is 11.3. The van der Waals surface area contributed by atoms with Crippen LogP contribution in [0.4, 0.5) is 5.69 Å². The average Bonchev–Trinajstić information content (AvgIpc) is 2.92. The predicted molar refractivity (Wildman–Crippen MR) is 73.9 cm³/mol. The van der Waals surface area contributed by atoms with Gasteiger partial charge in [0.25, 0.3) is 0 Å². The highest BCUT2D eigenvalue weighted by molar-refractivity contribution is 6.42. The number of fused-ring (bicyclic) bond motifs is 2. The molecule has 0 amide bonds. The van der Waals surface area contributed by atoms with Crippen molar-refractivity contribution in [1.82, 2.24) is 0 Å². The van der Waals surface area contributed by atoms with Crippen molar-refractivity contribution < 1.29 is 0 Å².